The molecule has 2 amide bonds. The highest BCUT2D eigenvalue weighted by atomic mass is 16.6. The molecule has 8 nitrogen and oxygen atoms in total. The summed E-state index contributed by atoms with van der Waals surface area (Å²) in [5.74, 6) is 1.94. The summed E-state index contributed by atoms with van der Waals surface area (Å²) < 4.78 is 18.1. The number of rotatable bonds is 4. The van der Waals surface area contributed by atoms with E-state index in [9.17, 15) is 9.59 Å². The highest BCUT2D eigenvalue weighted by Crippen LogP contribution is 2.54. The SMILES string of the molecule is COc1cccc2c1Oc1cc(-c3ccccc3NC(C)=O)ccc1N2C1CC2CCC(C1)N2C(=O)OC(C)(C)C. The van der Waals surface area contributed by atoms with Crippen molar-refractivity contribution >= 4 is 29.1 Å². The first-order chi connectivity index (χ1) is 19.6. The van der Waals surface area contributed by atoms with Gasteiger partial charge in [-0.05, 0) is 82.3 Å². The van der Waals surface area contributed by atoms with Gasteiger partial charge in [-0.2, -0.15) is 0 Å². The van der Waals surface area contributed by atoms with Gasteiger partial charge in [0.05, 0.1) is 18.5 Å². The smallest absolute Gasteiger partial charge is 0.410 e. The number of anilines is 3. The Bertz CT molecular complexity index is 1480. The van der Waals surface area contributed by atoms with Gasteiger partial charge in [0.2, 0.25) is 5.91 Å². The lowest BCUT2D eigenvalue weighted by Crippen LogP contribution is -2.53. The molecule has 0 spiro atoms. The molecule has 2 bridgehead atoms. The molecule has 3 aliphatic rings. The third kappa shape index (κ3) is 5.07. The number of benzene rings is 3. The third-order valence-electron chi connectivity index (χ3n) is 8.10. The number of para-hydroxylation sites is 2. The number of ether oxygens (including phenoxy) is 3. The lowest BCUT2D eigenvalue weighted by molar-refractivity contribution is -0.114. The van der Waals surface area contributed by atoms with Gasteiger partial charge >= 0.3 is 6.09 Å². The molecule has 2 atom stereocenters. The van der Waals surface area contributed by atoms with E-state index in [0.29, 0.717) is 11.5 Å². The molecule has 1 N–H and O–H groups in total. The maximum absolute atomic E-state index is 13.1. The highest BCUT2D eigenvalue weighted by Gasteiger charge is 2.47. The van der Waals surface area contributed by atoms with Crippen molar-refractivity contribution < 1.29 is 23.8 Å². The van der Waals surface area contributed by atoms with Gasteiger partial charge in [0.15, 0.2) is 17.2 Å². The molecular weight excluding hydrogens is 518 g/mol. The first-order valence-corrected chi connectivity index (χ1v) is 14.3. The van der Waals surface area contributed by atoms with E-state index in [4.69, 9.17) is 14.2 Å². The fourth-order valence-corrected chi connectivity index (χ4v) is 6.56. The second-order valence-electron chi connectivity index (χ2n) is 12.1. The predicted molar refractivity (Wildman–Crippen MR) is 159 cm³/mol. The van der Waals surface area contributed by atoms with Gasteiger partial charge < -0.3 is 29.3 Å². The standard InChI is InChI=1S/C33H37N3O5/c1-20(37)34-26-10-7-6-9-25(26)21-13-16-27-30(17-21)40-31-28(11-8-12-29(31)39-5)36(27)24-18-22-14-15-23(19-24)35(22)32(38)41-33(2,3)4/h6-13,16-17,22-24H,14-15,18-19H2,1-5H3,(H,34,37). The summed E-state index contributed by atoms with van der Waals surface area (Å²) >= 11 is 0. The van der Waals surface area contributed by atoms with Crippen molar-refractivity contribution in [2.75, 3.05) is 17.3 Å². The Morgan fingerprint density at radius 1 is 0.927 bits per heavy atom. The quantitative estimate of drug-likeness (QED) is 0.359. The van der Waals surface area contributed by atoms with Crippen LogP contribution in [0, 0.1) is 0 Å². The monoisotopic (exact) mass is 555 g/mol. The van der Waals surface area contributed by atoms with Crippen LogP contribution >= 0.6 is 0 Å². The third-order valence-corrected chi connectivity index (χ3v) is 8.10. The summed E-state index contributed by atoms with van der Waals surface area (Å²) in [6.07, 6.45) is 3.40. The van der Waals surface area contributed by atoms with Crippen molar-refractivity contribution in [3.8, 4) is 28.4 Å². The van der Waals surface area contributed by atoms with E-state index in [1.54, 1.807) is 7.11 Å². The van der Waals surface area contributed by atoms with Crippen LogP contribution in [0.2, 0.25) is 0 Å². The minimum Gasteiger partial charge on any atom is -0.493 e. The van der Waals surface area contributed by atoms with Gasteiger partial charge in [0, 0.05) is 36.3 Å². The van der Waals surface area contributed by atoms with Crippen LogP contribution in [0.3, 0.4) is 0 Å². The molecule has 8 heteroatoms. The minimum absolute atomic E-state index is 0.121. The number of amides is 2. The Morgan fingerprint density at radius 3 is 2.34 bits per heavy atom. The molecule has 214 valence electrons. The van der Waals surface area contributed by atoms with Crippen molar-refractivity contribution in [2.45, 2.75) is 77.1 Å². The summed E-state index contributed by atoms with van der Waals surface area (Å²) in [5.41, 5.74) is 4.00. The summed E-state index contributed by atoms with van der Waals surface area (Å²) in [5, 5.41) is 2.94. The lowest BCUT2D eigenvalue weighted by Gasteiger charge is -2.46. The number of fused-ring (bicyclic) bond motifs is 4. The van der Waals surface area contributed by atoms with E-state index in [2.05, 4.69) is 28.4 Å². The summed E-state index contributed by atoms with van der Waals surface area (Å²) in [6.45, 7) is 7.25. The highest BCUT2D eigenvalue weighted by molar-refractivity contribution is 5.95. The number of hydrogen-bond acceptors (Lipinski definition) is 6. The number of hydrogen-bond donors (Lipinski definition) is 1. The molecule has 0 aromatic heterocycles. The van der Waals surface area contributed by atoms with Crippen molar-refractivity contribution in [2.24, 2.45) is 0 Å². The first kappa shape index (κ1) is 27.0. The average Bonchev–Trinajstić information content (AvgIpc) is 3.20. The zero-order valence-electron chi connectivity index (χ0n) is 24.3. The van der Waals surface area contributed by atoms with Crippen LogP contribution in [0.1, 0.15) is 53.4 Å². The molecule has 0 saturated carbocycles. The second kappa shape index (κ2) is 10.3. The Balaban J connectivity index is 1.38. The molecule has 41 heavy (non-hydrogen) atoms. The van der Waals surface area contributed by atoms with Crippen molar-refractivity contribution in [3.05, 3.63) is 60.7 Å². The fraction of sp³-hybridized carbons (Fsp3) is 0.394. The Morgan fingerprint density at radius 2 is 1.66 bits per heavy atom. The van der Waals surface area contributed by atoms with Crippen LogP contribution < -0.4 is 19.7 Å². The zero-order valence-corrected chi connectivity index (χ0v) is 24.3. The van der Waals surface area contributed by atoms with Gasteiger partial charge in [-0.15, -0.1) is 0 Å². The van der Waals surface area contributed by atoms with Crippen LogP contribution in [0.15, 0.2) is 60.7 Å². The van der Waals surface area contributed by atoms with E-state index in [1.165, 1.54) is 6.92 Å². The van der Waals surface area contributed by atoms with Crippen molar-refractivity contribution in [1.82, 2.24) is 4.90 Å². The Hall–Kier alpha value is -4.20. The van der Waals surface area contributed by atoms with Gasteiger partial charge in [-0.3, -0.25) is 4.79 Å². The first-order valence-electron chi connectivity index (χ1n) is 14.3. The Labute approximate surface area is 241 Å². The number of nitrogens with zero attached hydrogens (tertiary/aromatic N) is 2. The molecule has 0 aliphatic carbocycles. The van der Waals surface area contributed by atoms with Gasteiger partial charge in [-0.25, -0.2) is 4.79 Å². The van der Waals surface area contributed by atoms with Crippen LogP contribution in [-0.2, 0) is 9.53 Å². The number of methoxy groups -OCH3 is 1. The summed E-state index contributed by atoms with van der Waals surface area (Å²) in [6, 6.07) is 20.3. The van der Waals surface area contributed by atoms with Gasteiger partial charge in [-0.1, -0.05) is 30.3 Å². The zero-order chi connectivity index (χ0) is 28.9. The predicted octanol–water partition coefficient (Wildman–Crippen LogP) is 7.49. The fourth-order valence-electron chi connectivity index (χ4n) is 6.56. The molecule has 2 saturated heterocycles. The maximum Gasteiger partial charge on any atom is 0.410 e. The largest absolute Gasteiger partial charge is 0.493 e. The number of nitrogens with one attached hydrogen (secondary N) is 1. The van der Waals surface area contributed by atoms with Gasteiger partial charge in [0.1, 0.15) is 5.60 Å². The number of piperidine rings is 1. The molecule has 3 aromatic rings. The molecule has 3 aromatic carbocycles. The van der Waals surface area contributed by atoms with E-state index in [0.717, 1.165) is 59.6 Å². The van der Waals surface area contributed by atoms with E-state index in [-0.39, 0.29) is 30.1 Å². The minimum atomic E-state index is -0.526. The second-order valence-corrected chi connectivity index (χ2v) is 12.1. The average molecular weight is 556 g/mol. The van der Waals surface area contributed by atoms with Crippen LogP contribution in [0.4, 0.5) is 21.9 Å². The topological polar surface area (TPSA) is 80.3 Å². The van der Waals surface area contributed by atoms with Gasteiger partial charge in [0.25, 0.3) is 0 Å². The van der Waals surface area contributed by atoms with Crippen molar-refractivity contribution in [3.63, 3.8) is 0 Å². The van der Waals surface area contributed by atoms with Crippen LogP contribution in [0.5, 0.6) is 17.2 Å². The van der Waals surface area contributed by atoms with Crippen LogP contribution in [0.25, 0.3) is 11.1 Å². The molecular formula is C33H37N3O5. The van der Waals surface area contributed by atoms with Crippen molar-refractivity contribution in [1.29, 1.82) is 0 Å². The van der Waals surface area contributed by atoms with E-state index >= 15 is 0 Å². The Kier molecular flexibility index (Phi) is 6.80. The maximum atomic E-state index is 13.1. The van der Waals surface area contributed by atoms with E-state index < -0.39 is 5.60 Å². The molecule has 3 heterocycles. The molecule has 3 aliphatic heterocycles. The molecule has 2 unspecified atom stereocenters. The molecule has 6 rings (SSSR count). The lowest BCUT2D eigenvalue weighted by atomic mass is 9.93. The molecule has 0 radical (unpaired) electrons. The molecule has 2 fully saturated rings. The van der Waals surface area contributed by atoms with E-state index in [1.807, 2.05) is 68.1 Å². The summed E-state index contributed by atoms with van der Waals surface area (Å²) in [7, 11) is 1.65. The number of carbonyl (C=O) groups excluding carboxylic acids is 2. The summed E-state index contributed by atoms with van der Waals surface area (Å²) in [4.78, 5) is 29.3. The normalized spacial score (nSPS) is 21.0. The number of carbonyl (C=O) groups is 2. The van der Waals surface area contributed by atoms with Crippen LogP contribution in [-0.4, -0.2) is 47.7 Å².